The molecule has 0 atom stereocenters. The Morgan fingerprint density at radius 3 is 2.85 bits per heavy atom. The highest BCUT2D eigenvalue weighted by atomic mass is 16.4. The third kappa shape index (κ3) is 2.15. The van der Waals surface area contributed by atoms with Crippen LogP contribution in [-0.2, 0) is 0 Å². The average Bonchev–Trinajstić information content (AvgIpc) is 3.08. The lowest BCUT2D eigenvalue weighted by Gasteiger charge is -2.10. The predicted octanol–water partition coefficient (Wildman–Crippen LogP) is 4.88. The number of aromatic nitrogens is 2. The van der Waals surface area contributed by atoms with Crippen molar-refractivity contribution in [1.82, 2.24) is 9.38 Å². The molecule has 0 amide bonds. The molecule has 26 heavy (non-hydrogen) atoms. The molecule has 4 heteroatoms. The number of hydrogen-bond acceptors (Lipinski definition) is 3. The standard InChI is InChI=1S/C22H16N2O2/c1-14(15-7-3-2-4-8-15)16-11-12-19-20(13-16)26-22(25)21-23-17-9-5-6-10-18(17)24(19)21/h2-7,9-13H,8H2,1H3/b15-14+. The first-order valence-electron chi connectivity index (χ1n) is 8.60. The number of para-hydroxylation sites is 2. The average molecular weight is 340 g/mol. The molecule has 0 unspecified atom stereocenters. The number of allylic oxidation sites excluding steroid dienone is 6. The molecule has 0 saturated carbocycles. The number of imidazole rings is 1. The number of fused-ring (bicyclic) bond motifs is 5. The Bertz CT molecular complexity index is 1330. The van der Waals surface area contributed by atoms with Crippen LogP contribution < -0.4 is 5.63 Å². The summed E-state index contributed by atoms with van der Waals surface area (Å²) in [6.07, 6.45) is 9.28. The lowest BCUT2D eigenvalue weighted by atomic mass is 9.96. The smallest absolute Gasteiger partial charge is 0.380 e. The van der Waals surface area contributed by atoms with Gasteiger partial charge >= 0.3 is 5.63 Å². The van der Waals surface area contributed by atoms with Crippen LogP contribution in [0.1, 0.15) is 18.9 Å². The maximum absolute atomic E-state index is 12.5. The molecule has 2 aromatic heterocycles. The van der Waals surface area contributed by atoms with E-state index in [4.69, 9.17) is 4.42 Å². The summed E-state index contributed by atoms with van der Waals surface area (Å²) in [6.45, 7) is 2.10. The summed E-state index contributed by atoms with van der Waals surface area (Å²) >= 11 is 0. The van der Waals surface area contributed by atoms with Crippen molar-refractivity contribution in [2.45, 2.75) is 13.3 Å². The molecule has 0 radical (unpaired) electrons. The third-order valence-corrected chi connectivity index (χ3v) is 4.94. The van der Waals surface area contributed by atoms with Crippen LogP contribution in [0.4, 0.5) is 0 Å². The van der Waals surface area contributed by atoms with Gasteiger partial charge in [-0.15, -0.1) is 0 Å². The lowest BCUT2D eigenvalue weighted by molar-refractivity contribution is 0.561. The second-order valence-electron chi connectivity index (χ2n) is 6.47. The minimum Gasteiger partial charge on any atom is -0.418 e. The van der Waals surface area contributed by atoms with Gasteiger partial charge in [-0.1, -0.05) is 42.5 Å². The minimum absolute atomic E-state index is 0.321. The zero-order valence-electron chi connectivity index (χ0n) is 14.3. The van der Waals surface area contributed by atoms with Gasteiger partial charge in [-0.05, 0) is 54.3 Å². The van der Waals surface area contributed by atoms with Crippen molar-refractivity contribution in [3.05, 3.63) is 88.3 Å². The number of nitrogens with zero attached hydrogens (tertiary/aromatic N) is 2. The summed E-state index contributed by atoms with van der Waals surface area (Å²) in [5, 5.41) is 0. The molecule has 1 aliphatic rings. The predicted molar refractivity (Wildman–Crippen MR) is 104 cm³/mol. The van der Waals surface area contributed by atoms with Crippen LogP contribution >= 0.6 is 0 Å². The maximum atomic E-state index is 12.5. The van der Waals surface area contributed by atoms with Gasteiger partial charge in [0.05, 0.1) is 16.6 Å². The van der Waals surface area contributed by atoms with Crippen LogP contribution in [0.15, 0.2) is 81.6 Å². The van der Waals surface area contributed by atoms with Gasteiger partial charge in [0.15, 0.2) is 5.58 Å². The summed E-state index contributed by atoms with van der Waals surface area (Å²) in [6, 6.07) is 13.8. The van der Waals surface area contributed by atoms with Crippen molar-refractivity contribution < 1.29 is 4.42 Å². The molecular formula is C22H16N2O2. The summed E-state index contributed by atoms with van der Waals surface area (Å²) in [4.78, 5) is 16.9. The highest BCUT2D eigenvalue weighted by Crippen LogP contribution is 2.27. The molecule has 2 heterocycles. The minimum atomic E-state index is -0.420. The Morgan fingerprint density at radius 2 is 2.00 bits per heavy atom. The Kier molecular flexibility index (Phi) is 3.19. The van der Waals surface area contributed by atoms with Crippen molar-refractivity contribution in [3.8, 4) is 0 Å². The maximum Gasteiger partial charge on any atom is 0.380 e. The molecule has 4 aromatic rings. The second kappa shape index (κ2) is 5.56. The first-order chi connectivity index (χ1) is 12.7. The Hall–Kier alpha value is -3.40. The van der Waals surface area contributed by atoms with E-state index in [1.165, 1.54) is 11.1 Å². The van der Waals surface area contributed by atoms with Gasteiger partial charge in [0.1, 0.15) is 0 Å². The molecular weight excluding hydrogens is 324 g/mol. The van der Waals surface area contributed by atoms with Crippen LogP contribution in [0.25, 0.3) is 33.4 Å². The molecule has 0 fully saturated rings. The fourth-order valence-corrected chi connectivity index (χ4v) is 3.54. The summed E-state index contributed by atoms with van der Waals surface area (Å²) in [5.41, 5.74) is 6.51. The fraction of sp³-hybridized carbons (Fsp3) is 0.0909. The zero-order valence-corrected chi connectivity index (χ0v) is 14.3. The van der Waals surface area contributed by atoms with Crippen molar-refractivity contribution >= 4 is 33.4 Å². The monoisotopic (exact) mass is 340 g/mol. The normalized spacial score (nSPS) is 16.0. The van der Waals surface area contributed by atoms with Gasteiger partial charge in [0.25, 0.3) is 0 Å². The molecule has 0 saturated heterocycles. The Labute approximate surface area is 149 Å². The van der Waals surface area contributed by atoms with E-state index in [0.717, 1.165) is 28.5 Å². The fourth-order valence-electron chi connectivity index (χ4n) is 3.54. The first kappa shape index (κ1) is 14.9. The molecule has 4 nitrogen and oxygen atoms in total. The van der Waals surface area contributed by atoms with Crippen molar-refractivity contribution in [3.63, 3.8) is 0 Å². The van der Waals surface area contributed by atoms with Gasteiger partial charge in [0, 0.05) is 0 Å². The summed E-state index contributed by atoms with van der Waals surface area (Å²) in [5.74, 6) is 0. The number of rotatable bonds is 1. The molecule has 1 aliphatic carbocycles. The van der Waals surface area contributed by atoms with Crippen molar-refractivity contribution in [1.29, 1.82) is 0 Å². The van der Waals surface area contributed by atoms with Gasteiger partial charge in [0.2, 0.25) is 5.65 Å². The lowest BCUT2D eigenvalue weighted by Crippen LogP contribution is -2.05. The molecule has 0 aliphatic heterocycles. The molecule has 5 rings (SSSR count). The molecule has 126 valence electrons. The van der Waals surface area contributed by atoms with E-state index in [1.807, 2.05) is 46.9 Å². The number of hydrogen-bond donors (Lipinski definition) is 0. The molecule has 0 bridgehead atoms. The third-order valence-electron chi connectivity index (χ3n) is 4.94. The van der Waals surface area contributed by atoms with E-state index in [-0.39, 0.29) is 0 Å². The SMILES string of the molecule is C/C(=C1/C=CC=CC1)c1ccc2c(c1)oc(=O)c1nc3ccccc3n12. The molecule has 0 N–H and O–H groups in total. The van der Waals surface area contributed by atoms with Gasteiger partial charge in [-0.3, -0.25) is 4.40 Å². The van der Waals surface area contributed by atoms with Crippen LogP contribution in [0.3, 0.4) is 0 Å². The largest absolute Gasteiger partial charge is 0.418 e. The quantitative estimate of drug-likeness (QED) is 0.496. The Morgan fingerprint density at radius 1 is 1.12 bits per heavy atom. The zero-order chi connectivity index (χ0) is 17.7. The highest BCUT2D eigenvalue weighted by molar-refractivity contribution is 5.88. The molecule has 2 aromatic carbocycles. The highest BCUT2D eigenvalue weighted by Gasteiger charge is 2.14. The van der Waals surface area contributed by atoms with Gasteiger partial charge < -0.3 is 4.42 Å². The second-order valence-corrected chi connectivity index (χ2v) is 6.47. The molecule has 0 spiro atoms. The summed E-state index contributed by atoms with van der Waals surface area (Å²) in [7, 11) is 0. The van der Waals surface area contributed by atoms with E-state index in [2.05, 4.69) is 36.2 Å². The van der Waals surface area contributed by atoms with Crippen LogP contribution in [-0.4, -0.2) is 9.38 Å². The van der Waals surface area contributed by atoms with Gasteiger partial charge in [-0.25, -0.2) is 9.78 Å². The van der Waals surface area contributed by atoms with E-state index >= 15 is 0 Å². The number of benzene rings is 2. The van der Waals surface area contributed by atoms with E-state index < -0.39 is 5.63 Å². The van der Waals surface area contributed by atoms with E-state index in [1.54, 1.807) is 0 Å². The van der Waals surface area contributed by atoms with Crippen LogP contribution in [0.5, 0.6) is 0 Å². The van der Waals surface area contributed by atoms with Crippen molar-refractivity contribution in [2.24, 2.45) is 0 Å². The topological polar surface area (TPSA) is 47.5 Å². The van der Waals surface area contributed by atoms with E-state index in [9.17, 15) is 4.79 Å². The van der Waals surface area contributed by atoms with E-state index in [0.29, 0.717) is 11.2 Å². The van der Waals surface area contributed by atoms with Crippen LogP contribution in [0.2, 0.25) is 0 Å². The summed E-state index contributed by atoms with van der Waals surface area (Å²) < 4.78 is 7.47. The van der Waals surface area contributed by atoms with Crippen LogP contribution in [0, 0.1) is 0 Å². The Balaban J connectivity index is 1.81. The first-order valence-corrected chi connectivity index (χ1v) is 8.60. The van der Waals surface area contributed by atoms with Gasteiger partial charge in [-0.2, -0.15) is 0 Å². The van der Waals surface area contributed by atoms with Crippen molar-refractivity contribution in [2.75, 3.05) is 0 Å².